The second-order valence-corrected chi connectivity index (χ2v) is 3.10. The second-order valence-electron chi connectivity index (χ2n) is 3.10. The molecule has 0 unspecified atom stereocenters. The lowest BCUT2D eigenvalue weighted by Crippen LogP contribution is -2.43. The number of hydrogen-bond acceptors (Lipinski definition) is 3. The number of rotatable bonds is 3. The molecule has 0 atom stereocenters. The molecule has 0 aromatic rings. The molecule has 0 saturated carbocycles. The maximum absolute atomic E-state index is 11.4. The standard InChI is InChI=1S/C9H19N3O2/c1-5-12(6-2)9(13)11-8(10)14-7(3)4/h7H,5-6H2,1-4H3,(H2,10,11,13). The van der Waals surface area contributed by atoms with Crippen molar-refractivity contribution in [2.45, 2.75) is 33.8 Å². The van der Waals surface area contributed by atoms with E-state index in [9.17, 15) is 4.79 Å². The van der Waals surface area contributed by atoms with Gasteiger partial charge in [0.05, 0.1) is 6.10 Å². The molecular weight excluding hydrogens is 182 g/mol. The lowest BCUT2D eigenvalue weighted by molar-refractivity contribution is 0.191. The van der Waals surface area contributed by atoms with Crippen molar-refractivity contribution in [3.8, 4) is 0 Å². The first-order valence-electron chi connectivity index (χ1n) is 4.82. The summed E-state index contributed by atoms with van der Waals surface area (Å²) in [4.78, 5) is 13.0. The fourth-order valence-corrected chi connectivity index (χ4v) is 0.952. The van der Waals surface area contributed by atoms with Crippen LogP contribution in [-0.2, 0) is 4.74 Å². The summed E-state index contributed by atoms with van der Waals surface area (Å²) in [5.41, 5.74) is 0. The molecule has 5 nitrogen and oxygen atoms in total. The Kier molecular flexibility index (Phi) is 5.67. The van der Waals surface area contributed by atoms with Crippen molar-refractivity contribution in [2.75, 3.05) is 13.1 Å². The summed E-state index contributed by atoms with van der Waals surface area (Å²) in [5.74, 6) is 0. The maximum atomic E-state index is 11.4. The van der Waals surface area contributed by atoms with Crippen LogP contribution in [0.2, 0.25) is 0 Å². The second kappa shape index (κ2) is 6.23. The lowest BCUT2D eigenvalue weighted by Gasteiger charge is -2.19. The van der Waals surface area contributed by atoms with Gasteiger partial charge >= 0.3 is 6.03 Å². The molecule has 0 saturated heterocycles. The summed E-state index contributed by atoms with van der Waals surface area (Å²) in [7, 11) is 0. The van der Waals surface area contributed by atoms with Crippen LogP contribution in [-0.4, -0.2) is 36.1 Å². The van der Waals surface area contributed by atoms with Gasteiger partial charge < -0.3 is 9.64 Å². The Balaban J connectivity index is 3.98. The van der Waals surface area contributed by atoms with Crippen LogP contribution >= 0.6 is 0 Å². The monoisotopic (exact) mass is 201 g/mol. The van der Waals surface area contributed by atoms with Crippen LogP contribution in [0.15, 0.2) is 0 Å². The Hall–Kier alpha value is -1.26. The van der Waals surface area contributed by atoms with Gasteiger partial charge in [0.25, 0.3) is 6.02 Å². The minimum Gasteiger partial charge on any atom is -0.462 e. The van der Waals surface area contributed by atoms with Crippen LogP contribution in [0.25, 0.3) is 0 Å². The Morgan fingerprint density at radius 1 is 1.43 bits per heavy atom. The quantitative estimate of drug-likeness (QED) is 0.535. The van der Waals surface area contributed by atoms with E-state index in [4.69, 9.17) is 10.1 Å². The van der Waals surface area contributed by atoms with Crippen molar-refractivity contribution >= 4 is 12.1 Å². The molecule has 0 aliphatic rings. The van der Waals surface area contributed by atoms with Gasteiger partial charge in [-0.2, -0.15) is 0 Å². The van der Waals surface area contributed by atoms with E-state index in [1.165, 1.54) is 0 Å². The predicted molar refractivity (Wildman–Crippen MR) is 55.4 cm³/mol. The van der Waals surface area contributed by atoms with Crippen molar-refractivity contribution in [3.63, 3.8) is 0 Å². The van der Waals surface area contributed by atoms with Gasteiger partial charge in [0.2, 0.25) is 0 Å². The molecule has 0 fully saturated rings. The zero-order chi connectivity index (χ0) is 11.1. The van der Waals surface area contributed by atoms with E-state index in [1.54, 1.807) is 18.7 Å². The van der Waals surface area contributed by atoms with Crippen LogP contribution in [0.1, 0.15) is 27.7 Å². The molecule has 0 aliphatic carbocycles. The van der Waals surface area contributed by atoms with Crippen LogP contribution < -0.4 is 5.32 Å². The number of amides is 2. The number of ether oxygens (including phenoxy) is 1. The number of nitrogens with zero attached hydrogens (tertiary/aromatic N) is 1. The normalized spacial score (nSPS) is 9.79. The topological polar surface area (TPSA) is 65.4 Å². The average Bonchev–Trinajstić information content (AvgIpc) is 2.04. The van der Waals surface area contributed by atoms with Gasteiger partial charge in [-0.15, -0.1) is 0 Å². The minimum atomic E-state index is -0.291. The molecule has 0 spiro atoms. The van der Waals surface area contributed by atoms with E-state index in [1.807, 2.05) is 13.8 Å². The maximum Gasteiger partial charge on any atom is 0.325 e. The van der Waals surface area contributed by atoms with E-state index in [-0.39, 0.29) is 18.2 Å². The Morgan fingerprint density at radius 3 is 2.29 bits per heavy atom. The van der Waals surface area contributed by atoms with E-state index < -0.39 is 0 Å². The highest BCUT2D eigenvalue weighted by atomic mass is 16.5. The number of amidine groups is 1. The number of nitrogens with one attached hydrogen (secondary N) is 2. The number of carbonyl (C=O) groups is 1. The van der Waals surface area contributed by atoms with E-state index in [0.29, 0.717) is 13.1 Å². The zero-order valence-corrected chi connectivity index (χ0v) is 9.26. The van der Waals surface area contributed by atoms with Crippen molar-refractivity contribution in [1.29, 1.82) is 5.41 Å². The molecule has 2 amide bonds. The third kappa shape index (κ3) is 4.69. The molecule has 0 aliphatic heterocycles. The smallest absolute Gasteiger partial charge is 0.325 e. The summed E-state index contributed by atoms with van der Waals surface area (Å²) >= 11 is 0. The van der Waals surface area contributed by atoms with Gasteiger partial charge in [0.15, 0.2) is 0 Å². The van der Waals surface area contributed by atoms with E-state index >= 15 is 0 Å². The van der Waals surface area contributed by atoms with Gasteiger partial charge in [-0.1, -0.05) is 0 Å². The van der Waals surface area contributed by atoms with Crippen LogP contribution in [0.5, 0.6) is 0 Å². The molecule has 0 bridgehead atoms. The highest BCUT2D eigenvalue weighted by molar-refractivity contribution is 5.91. The Labute approximate surface area is 84.9 Å². The molecule has 0 heterocycles. The van der Waals surface area contributed by atoms with Gasteiger partial charge in [-0.25, -0.2) is 4.79 Å². The van der Waals surface area contributed by atoms with Crippen molar-refractivity contribution in [1.82, 2.24) is 10.2 Å². The molecule has 0 aromatic carbocycles. The van der Waals surface area contributed by atoms with Gasteiger partial charge in [0, 0.05) is 13.1 Å². The number of urea groups is 1. The molecular formula is C9H19N3O2. The summed E-state index contributed by atoms with van der Waals surface area (Å²) < 4.78 is 4.98. The van der Waals surface area contributed by atoms with Crippen LogP contribution in [0.4, 0.5) is 4.79 Å². The first-order chi connectivity index (χ1) is 6.51. The van der Waals surface area contributed by atoms with E-state index in [0.717, 1.165) is 0 Å². The largest absolute Gasteiger partial charge is 0.462 e. The molecule has 0 rings (SSSR count). The van der Waals surface area contributed by atoms with E-state index in [2.05, 4.69) is 5.32 Å². The minimum absolute atomic E-state index is 0.0977. The first-order valence-corrected chi connectivity index (χ1v) is 4.82. The molecule has 14 heavy (non-hydrogen) atoms. The molecule has 2 N–H and O–H groups in total. The summed E-state index contributed by atoms with van der Waals surface area (Å²) in [6.07, 6.45) is -0.0977. The van der Waals surface area contributed by atoms with Gasteiger partial charge in [0.1, 0.15) is 0 Å². The van der Waals surface area contributed by atoms with Crippen LogP contribution in [0.3, 0.4) is 0 Å². The average molecular weight is 201 g/mol. The van der Waals surface area contributed by atoms with Gasteiger partial charge in [-0.05, 0) is 27.7 Å². The summed E-state index contributed by atoms with van der Waals surface area (Å²) in [6, 6.07) is -0.488. The summed E-state index contributed by atoms with van der Waals surface area (Å²) in [6.45, 7) is 8.62. The SMILES string of the molecule is CCN(CC)C(=O)NC(=N)OC(C)C. The highest BCUT2D eigenvalue weighted by Gasteiger charge is 2.11. The van der Waals surface area contributed by atoms with Crippen molar-refractivity contribution in [3.05, 3.63) is 0 Å². The fourth-order valence-electron chi connectivity index (χ4n) is 0.952. The first kappa shape index (κ1) is 12.7. The Morgan fingerprint density at radius 2 is 1.93 bits per heavy atom. The molecule has 5 heteroatoms. The highest BCUT2D eigenvalue weighted by Crippen LogP contribution is 1.91. The predicted octanol–water partition coefficient (Wildman–Crippen LogP) is 1.40. The van der Waals surface area contributed by atoms with Crippen molar-refractivity contribution in [2.24, 2.45) is 0 Å². The summed E-state index contributed by atoms with van der Waals surface area (Å²) in [5, 5.41) is 9.67. The number of carbonyl (C=O) groups excluding carboxylic acids is 1. The third-order valence-corrected chi connectivity index (χ3v) is 1.62. The zero-order valence-electron chi connectivity index (χ0n) is 9.26. The molecule has 82 valence electrons. The lowest BCUT2D eigenvalue weighted by atomic mass is 10.5. The van der Waals surface area contributed by atoms with Crippen molar-refractivity contribution < 1.29 is 9.53 Å². The van der Waals surface area contributed by atoms with Crippen LogP contribution in [0, 0.1) is 5.41 Å². The fraction of sp³-hybridized carbons (Fsp3) is 0.778. The third-order valence-electron chi connectivity index (χ3n) is 1.62. The number of hydrogen-bond donors (Lipinski definition) is 2. The van der Waals surface area contributed by atoms with Gasteiger partial charge in [-0.3, -0.25) is 10.7 Å². The Bertz CT molecular complexity index is 200. The molecule has 0 aromatic heterocycles. The molecule has 0 radical (unpaired) electrons.